The normalized spacial score (nSPS) is 11.0. The summed E-state index contributed by atoms with van der Waals surface area (Å²) in [5.74, 6) is 1.12. The summed E-state index contributed by atoms with van der Waals surface area (Å²) in [6.45, 7) is 3.81. The Morgan fingerprint density at radius 1 is 1.23 bits per heavy atom. The van der Waals surface area contributed by atoms with Gasteiger partial charge >= 0.3 is 0 Å². The lowest BCUT2D eigenvalue weighted by molar-refractivity contribution is 0.102. The topological polar surface area (TPSA) is 60.2 Å². The van der Waals surface area contributed by atoms with Gasteiger partial charge in [0.05, 0.1) is 5.75 Å². The number of fused-ring (bicyclic) bond motifs is 1. The molecule has 0 aliphatic rings. The molecule has 7 heteroatoms. The van der Waals surface area contributed by atoms with Gasteiger partial charge in [0.15, 0.2) is 16.6 Å². The number of hydrogen-bond donors (Lipinski definition) is 0. The predicted molar refractivity (Wildman–Crippen MR) is 86.8 cm³/mol. The Morgan fingerprint density at radius 2 is 1.95 bits per heavy atom. The van der Waals surface area contributed by atoms with Crippen LogP contribution in [0.1, 0.15) is 21.9 Å². The SMILES string of the molecule is Cc1cc2nnc(SCC(=O)c3ccc(Cl)cc3)n2c(C)n1. The molecular formula is C15H13ClN4OS. The number of thioether (sulfide) groups is 1. The highest BCUT2D eigenvalue weighted by Crippen LogP contribution is 2.20. The van der Waals surface area contributed by atoms with Crippen LogP contribution in [-0.2, 0) is 0 Å². The van der Waals surface area contributed by atoms with Crippen LogP contribution in [0.25, 0.3) is 5.65 Å². The average molecular weight is 333 g/mol. The Hall–Kier alpha value is -1.92. The van der Waals surface area contributed by atoms with Crippen molar-refractivity contribution in [1.29, 1.82) is 0 Å². The molecule has 0 saturated carbocycles. The first-order valence-corrected chi connectivity index (χ1v) is 8.02. The van der Waals surface area contributed by atoms with Crippen molar-refractivity contribution >= 4 is 34.8 Å². The number of Topliss-reactive ketones (excluding diaryl/α,β-unsaturated/α-hetero) is 1. The number of carbonyl (C=O) groups excluding carboxylic acids is 1. The Kier molecular flexibility index (Phi) is 4.13. The van der Waals surface area contributed by atoms with Crippen molar-refractivity contribution < 1.29 is 4.79 Å². The maximum absolute atomic E-state index is 12.2. The maximum atomic E-state index is 12.2. The molecule has 3 aromatic rings. The van der Waals surface area contributed by atoms with E-state index in [-0.39, 0.29) is 11.5 Å². The highest BCUT2D eigenvalue weighted by Gasteiger charge is 2.13. The van der Waals surface area contributed by atoms with Gasteiger partial charge in [0.25, 0.3) is 0 Å². The average Bonchev–Trinajstić information content (AvgIpc) is 2.88. The number of aryl methyl sites for hydroxylation is 2. The number of benzene rings is 1. The van der Waals surface area contributed by atoms with Crippen molar-refractivity contribution in [1.82, 2.24) is 19.6 Å². The fourth-order valence-electron chi connectivity index (χ4n) is 2.15. The summed E-state index contributed by atoms with van der Waals surface area (Å²) < 4.78 is 1.85. The van der Waals surface area contributed by atoms with Gasteiger partial charge in [-0.1, -0.05) is 23.4 Å². The number of aromatic nitrogens is 4. The maximum Gasteiger partial charge on any atom is 0.197 e. The molecule has 0 radical (unpaired) electrons. The number of halogens is 1. The molecule has 0 bridgehead atoms. The van der Waals surface area contributed by atoms with Gasteiger partial charge < -0.3 is 0 Å². The van der Waals surface area contributed by atoms with Crippen LogP contribution < -0.4 is 0 Å². The van der Waals surface area contributed by atoms with Crippen molar-refractivity contribution in [2.24, 2.45) is 0 Å². The van der Waals surface area contributed by atoms with E-state index in [1.807, 2.05) is 24.3 Å². The molecule has 5 nitrogen and oxygen atoms in total. The molecule has 0 spiro atoms. The number of carbonyl (C=O) groups is 1. The largest absolute Gasteiger partial charge is 0.293 e. The zero-order valence-electron chi connectivity index (χ0n) is 12.1. The van der Waals surface area contributed by atoms with Gasteiger partial charge in [0.1, 0.15) is 5.82 Å². The summed E-state index contributed by atoms with van der Waals surface area (Å²) in [5.41, 5.74) is 2.27. The molecule has 0 saturated heterocycles. The van der Waals surface area contributed by atoms with Gasteiger partial charge in [-0.3, -0.25) is 9.20 Å². The molecule has 0 aliphatic heterocycles. The predicted octanol–water partition coefficient (Wildman–Crippen LogP) is 3.37. The van der Waals surface area contributed by atoms with E-state index in [9.17, 15) is 4.79 Å². The van der Waals surface area contributed by atoms with Gasteiger partial charge in [-0.05, 0) is 38.1 Å². The Labute approximate surface area is 136 Å². The van der Waals surface area contributed by atoms with E-state index >= 15 is 0 Å². The summed E-state index contributed by atoms with van der Waals surface area (Å²) in [7, 11) is 0. The molecule has 0 N–H and O–H groups in total. The molecule has 2 heterocycles. The number of rotatable bonds is 4. The van der Waals surface area contributed by atoms with E-state index in [0.717, 1.165) is 17.2 Å². The lowest BCUT2D eigenvalue weighted by Crippen LogP contribution is -2.04. The molecule has 22 heavy (non-hydrogen) atoms. The highest BCUT2D eigenvalue weighted by atomic mass is 35.5. The second kappa shape index (κ2) is 6.06. The highest BCUT2D eigenvalue weighted by molar-refractivity contribution is 7.99. The van der Waals surface area contributed by atoms with Crippen LogP contribution in [0.2, 0.25) is 5.02 Å². The first-order valence-electron chi connectivity index (χ1n) is 6.65. The molecule has 0 unspecified atom stereocenters. The lowest BCUT2D eigenvalue weighted by Gasteiger charge is -2.04. The standard InChI is InChI=1S/C15H13ClN4OS/c1-9-7-14-18-19-15(20(14)10(2)17-9)22-8-13(21)11-3-5-12(16)6-4-11/h3-7H,8H2,1-2H3. The van der Waals surface area contributed by atoms with Crippen molar-refractivity contribution in [2.45, 2.75) is 19.0 Å². The third kappa shape index (κ3) is 2.98. The number of nitrogens with zero attached hydrogens (tertiary/aromatic N) is 4. The first-order chi connectivity index (χ1) is 10.5. The monoisotopic (exact) mass is 332 g/mol. The van der Waals surface area contributed by atoms with Crippen LogP contribution in [0.3, 0.4) is 0 Å². The van der Waals surface area contributed by atoms with Crippen molar-refractivity contribution in [3.8, 4) is 0 Å². The summed E-state index contributed by atoms with van der Waals surface area (Å²) in [5, 5.41) is 9.55. The summed E-state index contributed by atoms with van der Waals surface area (Å²) >= 11 is 7.18. The second-order valence-corrected chi connectivity index (χ2v) is 6.22. The van der Waals surface area contributed by atoms with Crippen LogP contribution in [0.5, 0.6) is 0 Å². The first kappa shape index (κ1) is 15.0. The van der Waals surface area contributed by atoms with Crippen molar-refractivity contribution in [3.05, 3.63) is 52.4 Å². The third-order valence-corrected chi connectivity index (χ3v) is 4.34. The molecule has 2 aromatic heterocycles. The Morgan fingerprint density at radius 3 is 2.68 bits per heavy atom. The Balaban J connectivity index is 1.79. The lowest BCUT2D eigenvalue weighted by atomic mass is 10.1. The fraction of sp³-hybridized carbons (Fsp3) is 0.200. The van der Waals surface area contributed by atoms with Crippen LogP contribution in [0.4, 0.5) is 0 Å². The van der Waals surface area contributed by atoms with E-state index in [0.29, 0.717) is 15.7 Å². The third-order valence-electron chi connectivity index (χ3n) is 3.16. The van der Waals surface area contributed by atoms with Crippen molar-refractivity contribution in [2.75, 3.05) is 5.75 Å². The van der Waals surface area contributed by atoms with Gasteiger partial charge in [-0.15, -0.1) is 10.2 Å². The van der Waals surface area contributed by atoms with Crippen LogP contribution in [-0.4, -0.2) is 31.1 Å². The molecule has 112 valence electrons. The minimum absolute atomic E-state index is 0.0242. The molecule has 0 fully saturated rings. The smallest absolute Gasteiger partial charge is 0.197 e. The minimum Gasteiger partial charge on any atom is -0.293 e. The van der Waals surface area contributed by atoms with Crippen LogP contribution >= 0.6 is 23.4 Å². The van der Waals surface area contributed by atoms with Gasteiger partial charge in [-0.25, -0.2) is 4.98 Å². The summed E-state index contributed by atoms with van der Waals surface area (Å²) in [4.78, 5) is 16.6. The molecule has 0 aliphatic carbocycles. The molecular weight excluding hydrogens is 320 g/mol. The van der Waals surface area contributed by atoms with Gasteiger partial charge in [0.2, 0.25) is 0 Å². The Bertz CT molecular complexity index is 845. The van der Waals surface area contributed by atoms with Crippen LogP contribution in [0, 0.1) is 13.8 Å². The van der Waals surface area contributed by atoms with Crippen LogP contribution in [0.15, 0.2) is 35.5 Å². The zero-order chi connectivity index (χ0) is 15.7. The number of ketones is 1. The zero-order valence-corrected chi connectivity index (χ0v) is 13.6. The quantitative estimate of drug-likeness (QED) is 0.541. The van der Waals surface area contributed by atoms with Gasteiger partial charge in [0, 0.05) is 22.3 Å². The van der Waals surface area contributed by atoms with E-state index in [4.69, 9.17) is 11.6 Å². The molecule has 0 atom stereocenters. The molecule has 1 aromatic carbocycles. The number of hydrogen-bond acceptors (Lipinski definition) is 5. The fourth-order valence-corrected chi connectivity index (χ4v) is 3.15. The van der Waals surface area contributed by atoms with E-state index in [1.54, 1.807) is 24.3 Å². The van der Waals surface area contributed by atoms with Crippen molar-refractivity contribution in [3.63, 3.8) is 0 Å². The molecule has 3 rings (SSSR count). The second-order valence-electron chi connectivity index (χ2n) is 4.84. The van der Waals surface area contributed by atoms with E-state index < -0.39 is 0 Å². The minimum atomic E-state index is 0.0242. The summed E-state index contributed by atoms with van der Waals surface area (Å²) in [6, 6.07) is 8.74. The van der Waals surface area contributed by atoms with Gasteiger partial charge in [-0.2, -0.15) is 0 Å². The van der Waals surface area contributed by atoms with E-state index in [1.165, 1.54) is 11.8 Å². The summed E-state index contributed by atoms with van der Waals surface area (Å²) in [6.07, 6.45) is 0. The molecule has 0 amide bonds. The van der Waals surface area contributed by atoms with E-state index in [2.05, 4.69) is 15.2 Å².